The minimum absolute atomic E-state index is 0.0969. The van der Waals surface area contributed by atoms with Gasteiger partial charge in [-0.2, -0.15) is 0 Å². The van der Waals surface area contributed by atoms with E-state index in [4.69, 9.17) is 15.6 Å². The van der Waals surface area contributed by atoms with Gasteiger partial charge in [0.25, 0.3) is 0 Å². The topological polar surface area (TPSA) is 89.6 Å². The molecule has 0 aliphatic carbocycles. The van der Waals surface area contributed by atoms with E-state index in [0.717, 1.165) is 5.56 Å². The van der Waals surface area contributed by atoms with Gasteiger partial charge in [0.2, 0.25) is 0 Å². The lowest BCUT2D eigenvalue weighted by atomic mass is 10.0. The average molecular weight is 237 g/mol. The van der Waals surface area contributed by atoms with Crippen molar-refractivity contribution in [1.29, 1.82) is 0 Å². The Hall–Kier alpha value is -1.88. The van der Waals surface area contributed by atoms with Gasteiger partial charge in [0.1, 0.15) is 12.6 Å². The standard InChI is InChI=1S/C12H15NO4/c1-8(11(14)15)10(13)12(16)17-7-9-5-3-2-4-6-9/h2-6,8,10H,7,13H2,1H3,(H,14,15)/t8?,10-/m1/s1. The summed E-state index contributed by atoms with van der Waals surface area (Å²) in [6, 6.07) is 7.96. The molecule has 0 spiro atoms. The highest BCUT2D eigenvalue weighted by atomic mass is 16.5. The highest BCUT2D eigenvalue weighted by molar-refractivity contribution is 5.83. The second kappa shape index (κ2) is 6.00. The van der Waals surface area contributed by atoms with Crippen LogP contribution in [0.25, 0.3) is 0 Å². The summed E-state index contributed by atoms with van der Waals surface area (Å²) in [4.78, 5) is 22.1. The smallest absolute Gasteiger partial charge is 0.324 e. The molecule has 0 aliphatic heterocycles. The largest absolute Gasteiger partial charge is 0.481 e. The van der Waals surface area contributed by atoms with Crippen molar-refractivity contribution in [2.24, 2.45) is 11.7 Å². The van der Waals surface area contributed by atoms with Gasteiger partial charge >= 0.3 is 11.9 Å². The maximum atomic E-state index is 11.5. The van der Waals surface area contributed by atoms with E-state index in [2.05, 4.69) is 0 Å². The molecule has 3 N–H and O–H groups in total. The first-order chi connectivity index (χ1) is 8.02. The Balaban J connectivity index is 2.47. The number of carbonyl (C=O) groups excluding carboxylic acids is 1. The Morgan fingerprint density at radius 1 is 1.35 bits per heavy atom. The van der Waals surface area contributed by atoms with Crippen molar-refractivity contribution in [3.05, 3.63) is 35.9 Å². The van der Waals surface area contributed by atoms with Crippen LogP contribution in [-0.4, -0.2) is 23.1 Å². The Labute approximate surface area is 99.2 Å². The van der Waals surface area contributed by atoms with Crippen LogP contribution in [-0.2, 0) is 20.9 Å². The first kappa shape index (κ1) is 13.2. The summed E-state index contributed by atoms with van der Waals surface area (Å²) in [5, 5.41) is 8.70. The van der Waals surface area contributed by atoms with Gasteiger partial charge in [-0.25, -0.2) is 0 Å². The zero-order valence-electron chi connectivity index (χ0n) is 9.50. The van der Waals surface area contributed by atoms with E-state index in [1.165, 1.54) is 6.92 Å². The molecule has 5 heteroatoms. The molecule has 17 heavy (non-hydrogen) atoms. The van der Waals surface area contributed by atoms with E-state index >= 15 is 0 Å². The van der Waals surface area contributed by atoms with E-state index in [1.54, 1.807) is 12.1 Å². The second-order valence-corrected chi connectivity index (χ2v) is 3.75. The minimum Gasteiger partial charge on any atom is -0.481 e. The van der Waals surface area contributed by atoms with Crippen LogP contribution >= 0.6 is 0 Å². The van der Waals surface area contributed by atoms with Crippen LogP contribution in [0.5, 0.6) is 0 Å². The number of aliphatic carboxylic acids is 1. The summed E-state index contributed by atoms with van der Waals surface area (Å²) < 4.78 is 4.93. The van der Waals surface area contributed by atoms with E-state index in [-0.39, 0.29) is 6.61 Å². The quantitative estimate of drug-likeness (QED) is 0.738. The maximum absolute atomic E-state index is 11.5. The lowest BCUT2D eigenvalue weighted by Crippen LogP contribution is -2.41. The third-order valence-corrected chi connectivity index (χ3v) is 2.42. The number of rotatable bonds is 5. The Morgan fingerprint density at radius 3 is 2.47 bits per heavy atom. The lowest BCUT2D eigenvalue weighted by Gasteiger charge is -2.14. The molecule has 1 unspecified atom stereocenters. The van der Waals surface area contributed by atoms with Gasteiger partial charge in [0, 0.05) is 0 Å². The summed E-state index contributed by atoms with van der Waals surface area (Å²) in [6.45, 7) is 1.47. The van der Waals surface area contributed by atoms with Gasteiger partial charge in [-0.05, 0) is 12.5 Å². The number of ether oxygens (including phenoxy) is 1. The fraction of sp³-hybridized carbons (Fsp3) is 0.333. The first-order valence-corrected chi connectivity index (χ1v) is 5.21. The Bertz CT molecular complexity index is 391. The number of nitrogens with two attached hydrogens (primary N) is 1. The summed E-state index contributed by atoms with van der Waals surface area (Å²) in [7, 11) is 0. The molecule has 0 aromatic heterocycles. The van der Waals surface area contributed by atoms with Crippen molar-refractivity contribution < 1.29 is 19.4 Å². The van der Waals surface area contributed by atoms with Crippen molar-refractivity contribution in [3.8, 4) is 0 Å². The lowest BCUT2D eigenvalue weighted by molar-refractivity contribution is -0.153. The molecular weight excluding hydrogens is 222 g/mol. The van der Waals surface area contributed by atoms with Crippen molar-refractivity contribution >= 4 is 11.9 Å². The Morgan fingerprint density at radius 2 is 1.94 bits per heavy atom. The zero-order valence-corrected chi connectivity index (χ0v) is 9.50. The minimum atomic E-state index is -1.14. The highest BCUT2D eigenvalue weighted by Crippen LogP contribution is 2.06. The molecule has 2 atom stereocenters. The third-order valence-electron chi connectivity index (χ3n) is 2.42. The van der Waals surface area contributed by atoms with Crippen LogP contribution in [0.15, 0.2) is 30.3 Å². The van der Waals surface area contributed by atoms with Crippen LogP contribution in [0, 0.1) is 5.92 Å². The van der Waals surface area contributed by atoms with Crippen molar-refractivity contribution in [3.63, 3.8) is 0 Å². The number of benzene rings is 1. The molecule has 5 nitrogen and oxygen atoms in total. The summed E-state index contributed by atoms with van der Waals surface area (Å²) in [5.41, 5.74) is 6.30. The van der Waals surface area contributed by atoms with Gasteiger partial charge in [-0.3, -0.25) is 9.59 Å². The predicted octanol–water partition coefficient (Wildman–Crippen LogP) is 0.778. The molecule has 1 rings (SSSR count). The number of hydrogen-bond donors (Lipinski definition) is 2. The van der Waals surface area contributed by atoms with Crippen molar-refractivity contribution in [1.82, 2.24) is 0 Å². The van der Waals surface area contributed by atoms with Gasteiger partial charge in [0.05, 0.1) is 5.92 Å². The highest BCUT2D eigenvalue weighted by Gasteiger charge is 2.27. The number of carbonyl (C=O) groups is 2. The van der Waals surface area contributed by atoms with Crippen LogP contribution in [0.4, 0.5) is 0 Å². The molecule has 0 heterocycles. The number of carboxylic acid groups (broad SMARTS) is 1. The number of hydrogen-bond acceptors (Lipinski definition) is 4. The molecule has 0 saturated heterocycles. The van der Waals surface area contributed by atoms with E-state index in [9.17, 15) is 9.59 Å². The van der Waals surface area contributed by atoms with Gasteiger partial charge < -0.3 is 15.6 Å². The average Bonchev–Trinajstić information content (AvgIpc) is 2.35. The molecule has 1 aromatic rings. The van der Waals surface area contributed by atoms with Crippen LogP contribution < -0.4 is 5.73 Å². The first-order valence-electron chi connectivity index (χ1n) is 5.21. The number of carboxylic acids is 1. The third kappa shape index (κ3) is 3.88. The molecule has 0 aliphatic rings. The van der Waals surface area contributed by atoms with Crippen LogP contribution in [0.2, 0.25) is 0 Å². The molecule has 92 valence electrons. The predicted molar refractivity (Wildman–Crippen MR) is 61.0 cm³/mol. The van der Waals surface area contributed by atoms with Gasteiger partial charge in [0.15, 0.2) is 0 Å². The fourth-order valence-corrected chi connectivity index (χ4v) is 1.18. The van der Waals surface area contributed by atoms with Crippen molar-refractivity contribution in [2.75, 3.05) is 0 Å². The SMILES string of the molecule is CC(C(=O)O)[C@@H](N)C(=O)OCc1ccccc1. The zero-order chi connectivity index (χ0) is 12.8. The molecule has 0 saturated carbocycles. The molecular formula is C12H15NO4. The Kier molecular flexibility index (Phi) is 4.66. The summed E-state index contributed by atoms with van der Waals surface area (Å²) in [5.74, 6) is -2.78. The molecule has 0 amide bonds. The van der Waals surface area contributed by atoms with Crippen LogP contribution in [0.3, 0.4) is 0 Å². The second-order valence-electron chi connectivity index (χ2n) is 3.75. The molecule has 1 aromatic carbocycles. The van der Waals surface area contributed by atoms with E-state index < -0.39 is 23.9 Å². The molecule has 0 bridgehead atoms. The van der Waals surface area contributed by atoms with E-state index in [1.807, 2.05) is 18.2 Å². The summed E-state index contributed by atoms with van der Waals surface area (Å²) >= 11 is 0. The number of esters is 1. The molecule has 0 radical (unpaired) electrons. The van der Waals surface area contributed by atoms with Gasteiger partial charge in [-0.1, -0.05) is 30.3 Å². The van der Waals surface area contributed by atoms with Gasteiger partial charge in [-0.15, -0.1) is 0 Å². The maximum Gasteiger partial charge on any atom is 0.324 e. The van der Waals surface area contributed by atoms with E-state index in [0.29, 0.717) is 0 Å². The fourth-order valence-electron chi connectivity index (χ4n) is 1.18. The molecule has 0 fully saturated rings. The van der Waals surface area contributed by atoms with Crippen LogP contribution in [0.1, 0.15) is 12.5 Å². The van der Waals surface area contributed by atoms with Crippen molar-refractivity contribution in [2.45, 2.75) is 19.6 Å². The summed E-state index contributed by atoms with van der Waals surface area (Å²) in [6.07, 6.45) is 0. The monoisotopic (exact) mass is 237 g/mol. The normalized spacial score (nSPS) is 13.8.